The Morgan fingerprint density at radius 1 is 1.57 bits per heavy atom. The largest absolute Gasteiger partial charge is 0.394 e. The van der Waals surface area contributed by atoms with E-state index in [4.69, 9.17) is 22.4 Å². The minimum absolute atomic E-state index is 0.0998. The van der Waals surface area contributed by atoms with Crippen LogP contribution in [0.15, 0.2) is 18.2 Å². The van der Waals surface area contributed by atoms with Crippen molar-refractivity contribution in [2.75, 3.05) is 6.61 Å². The highest BCUT2D eigenvalue weighted by Crippen LogP contribution is 2.30. The minimum atomic E-state index is -0.413. The van der Waals surface area contributed by atoms with Gasteiger partial charge in [-0.05, 0) is 12.1 Å². The number of nitrogens with two attached hydrogens (primary N) is 1. The molecule has 74 valence electrons. The van der Waals surface area contributed by atoms with Crippen molar-refractivity contribution >= 4 is 33.2 Å². The van der Waals surface area contributed by atoms with Crippen LogP contribution in [0.1, 0.15) is 11.0 Å². The zero-order chi connectivity index (χ0) is 10.1. The van der Waals surface area contributed by atoms with E-state index in [-0.39, 0.29) is 6.61 Å². The van der Waals surface area contributed by atoms with Crippen LogP contribution in [0, 0.1) is 0 Å². The highest BCUT2D eigenvalue weighted by atomic mass is 35.5. The van der Waals surface area contributed by atoms with Crippen LogP contribution in [0.3, 0.4) is 0 Å². The second kappa shape index (κ2) is 3.82. The molecular formula is C9H9ClN2OS. The third kappa shape index (κ3) is 1.62. The summed E-state index contributed by atoms with van der Waals surface area (Å²) in [6.45, 7) is -0.0998. The number of fused-ring (bicyclic) bond motifs is 1. The van der Waals surface area contributed by atoms with Gasteiger partial charge in [-0.1, -0.05) is 17.7 Å². The number of nitrogens with zero attached hydrogens (tertiary/aromatic N) is 1. The van der Waals surface area contributed by atoms with Gasteiger partial charge in [-0.3, -0.25) is 0 Å². The molecule has 14 heavy (non-hydrogen) atoms. The molecule has 0 fully saturated rings. The molecule has 2 aromatic rings. The molecule has 1 unspecified atom stereocenters. The van der Waals surface area contributed by atoms with Crippen LogP contribution in [0.4, 0.5) is 0 Å². The van der Waals surface area contributed by atoms with Gasteiger partial charge in [0.05, 0.1) is 27.9 Å². The van der Waals surface area contributed by atoms with Crippen molar-refractivity contribution in [1.82, 2.24) is 4.98 Å². The Labute approximate surface area is 90.1 Å². The lowest BCUT2D eigenvalue weighted by Gasteiger charge is -2.00. The number of hydrogen-bond donors (Lipinski definition) is 2. The average Bonchev–Trinajstić information content (AvgIpc) is 2.62. The van der Waals surface area contributed by atoms with Gasteiger partial charge in [-0.25, -0.2) is 4.98 Å². The van der Waals surface area contributed by atoms with E-state index >= 15 is 0 Å². The van der Waals surface area contributed by atoms with Crippen LogP contribution >= 0.6 is 22.9 Å². The molecule has 0 spiro atoms. The van der Waals surface area contributed by atoms with Crippen molar-refractivity contribution in [3.05, 3.63) is 28.2 Å². The predicted octanol–water partition coefficient (Wildman–Crippen LogP) is 1.94. The Morgan fingerprint density at radius 3 is 3.00 bits per heavy atom. The first-order chi connectivity index (χ1) is 6.72. The number of thiazole rings is 1. The molecule has 2 rings (SSSR count). The molecule has 1 aromatic heterocycles. The lowest BCUT2D eigenvalue weighted by Crippen LogP contribution is -2.13. The molecule has 0 radical (unpaired) electrons. The van der Waals surface area contributed by atoms with E-state index < -0.39 is 6.04 Å². The lowest BCUT2D eigenvalue weighted by atomic mass is 10.3. The van der Waals surface area contributed by atoms with Crippen molar-refractivity contribution < 1.29 is 5.11 Å². The summed E-state index contributed by atoms with van der Waals surface area (Å²) in [6.07, 6.45) is 0. The third-order valence-corrected chi connectivity index (χ3v) is 3.56. The molecule has 3 nitrogen and oxygen atoms in total. The predicted molar refractivity (Wildman–Crippen MR) is 58.6 cm³/mol. The second-order valence-electron chi connectivity index (χ2n) is 2.93. The lowest BCUT2D eigenvalue weighted by molar-refractivity contribution is 0.268. The third-order valence-electron chi connectivity index (χ3n) is 1.90. The maximum Gasteiger partial charge on any atom is 0.113 e. The standard InChI is InChI=1S/C9H9ClN2OS/c10-5-2-1-3-7-8(5)14-9(12-7)6(11)4-13/h1-3,6,13H,4,11H2. The van der Waals surface area contributed by atoms with E-state index in [0.29, 0.717) is 5.02 Å². The van der Waals surface area contributed by atoms with Gasteiger partial charge in [0.15, 0.2) is 0 Å². The zero-order valence-corrected chi connectivity index (χ0v) is 8.85. The van der Waals surface area contributed by atoms with Gasteiger partial charge in [-0.15, -0.1) is 11.3 Å². The summed E-state index contributed by atoms with van der Waals surface area (Å²) >= 11 is 7.41. The van der Waals surface area contributed by atoms with E-state index in [1.807, 2.05) is 18.2 Å². The Morgan fingerprint density at radius 2 is 2.36 bits per heavy atom. The Bertz CT molecular complexity index is 457. The first kappa shape index (κ1) is 9.86. The normalized spacial score (nSPS) is 13.4. The summed E-state index contributed by atoms with van der Waals surface area (Å²) in [5, 5.41) is 10.3. The van der Waals surface area contributed by atoms with Crippen molar-refractivity contribution in [1.29, 1.82) is 0 Å². The quantitative estimate of drug-likeness (QED) is 0.826. The molecular weight excluding hydrogens is 220 g/mol. The van der Waals surface area contributed by atoms with E-state index in [2.05, 4.69) is 4.98 Å². The van der Waals surface area contributed by atoms with Gasteiger partial charge >= 0.3 is 0 Å². The van der Waals surface area contributed by atoms with Gasteiger partial charge in [0, 0.05) is 0 Å². The number of aliphatic hydroxyl groups excluding tert-OH is 1. The van der Waals surface area contributed by atoms with Gasteiger partial charge in [0.25, 0.3) is 0 Å². The summed E-state index contributed by atoms with van der Waals surface area (Å²) < 4.78 is 0.924. The first-order valence-corrected chi connectivity index (χ1v) is 5.33. The number of hydrogen-bond acceptors (Lipinski definition) is 4. The fraction of sp³-hybridized carbons (Fsp3) is 0.222. The minimum Gasteiger partial charge on any atom is -0.394 e. The molecule has 3 N–H and O–H groups in total. The molecule has 0 amide bonds. The van der Waals surface area contributed by atoms with Crippen molar-refractivity contribution in [2.24, 2.45) is 5.73 Å². The summed E-state index contributed by atoms with van der Waals surface area (Å²) in [6, 6.07) is 5.13. The molecule has 0 aliphatic carbocycles. The number of benzene rings is 1. The molecule has 1 aromatic carbocycles. The molecule has 5 heteroatoms. The molecule has 0 aliphatic rings. The highest BCUT2D eigenvalue weighted by Gasteiger charge is 2.12. The molecule has 0 saturated carbocycles. The number of rotatable bonds is 2. The van der Waals surface area contributed by atoms with Gasteiger partial charge < -0.3 is 10.8 Å². The van der Waals surface area contributed by atoms with E-state index in [0.717, 1.165) is 15.2 Å². The van der Waals surface area contributed by atoms with Gasteiger partial charge in [0.1, 0.15) is 5.01 Å². The highest BCUT2D eigenvalue weighted by molar-refractivity contribution is 7.19. The maximum absolute atomic E-state index is 8.89. The Hall–Kier alpha value is -0.680. The molecule has 0 saturated heterocycles. The van der Waals surface area contributed by atoms with Crippen LogP contribution in [-0.2, 0) is 0 Å². The molecule has 1 atom stereocenters. The fourth-order valence-electron chi connectivity index (χ4n) is 1.17. The summed E-state index contributed by atoms with van der Waals surface area (Å²) in [7, 11) is 0. The zero-order valence-electron chi connectivity index (χ0n) is 7.27. The summed E-state index contributed by atoms with van der Waals surface area (Å²) in [4.78, 5) is 4.29. The number of aromatic nitrogens is 1. The van der Waals surface area contributed by atoms with Crippen molar-refractivity contribution in [2.45, 2.75) is 6.04 Å². The van der Waals surface area contributed by atoms with Gasteiger partial charge in [0.2, 0.25) is 0 Å². The van der Waals surface area contributed by atoms with Crippen LogP contribution in [-0.4, -0.2) is 16.7 Å². The van der Waals surface area contributed by atoms with Gasteiger partial charge in [-0.2, -0.15) is 0 Å². The van der Waals surface area contributed by atoms with E-state index in [1.54, 1.807) is 0 Å². The first-order valence-electron chi connectivity index (χ1n) is 4.13. The maximum atomic E-state index is 8.89. The Kier molecular flexibility index (Phi) is 2.69. The topological polar surface area (TPSA) is 59.1 Å². The number of aliphatic hydroxyl groups is 1. The summed E-state index contributed by atoms with van der Waals surface area (Å²) in [5.74, 6) is 0. The molecule has 1 heterocycles. The van der Waals surface area contributed by atoms with Crippen LogP contribution < -0.4 is 5.73 Å². The van der Waals surface area contributed by atoms with E-state index in [1.165, 1.54) is 11.3 Å². The monoisotopic (exact) mass is 228 g/mol. The van der Waals surface area contributed by atoms with Crippen molar-refractivity contribution in [3.63, 3.8) is 0 Å². The van der Waals surface area contributed by atoms with Crippen LogP contribution in [0.5, 0.6) is 0 Å². The van der Waals surface area contributed by atoms with Crippen LogP contribution in [0.25, 0.3) is 10.2 Å². The number of halogens is 1. The second-order valence-corrected chi connectivity index (χ2v) is 4.37. The SMILES string of the molecule is NC(CO)c1nc2cccc(Cl)c2s1. The van der Waals surface area contributed by atoms with Crippen molar-refractivity contribution in [3.8, 4) is 0 Å². The summed E-state index contributed by atoms with van der Waals surface area (Å²) in [5.41, 5.74) is 6.50. The smallest absolute Gasteiger partial charge is 0.113 e. The molecule has 0 aliphatic heterocycles. The Balaban J connectivity index is 2.56. The average molecular weight is 229 g/mol. The van der Waals surface area contributed by atoms with Crippen LogP contribution in [0.2, 0.25) is 5.02 Å². The molecule has 0 bridgehead atoms. The van der Waals surface area contributed by atoms with E-state index in [9.17, 15) is 0 Å². The fourth-order valence-corrected chi connectivity index (χ4v) is 2.42.